The number of hydrogen-bond acceptors (Lipinski definition) is 4. The van der Waals surface area contributed by atoms with Gasteiger partial charge in [0.05, 0.1) is 14.2 Å². The molecule has 3 aromatic rings. The zero-order valence-electron chi connectivity index (χ0n) is 17.8. The number of ether oxygens (including phenoxy) is 2. The van der Waals surface area contributed by atoms with E-state index in [9.17, 15) is 4.79 Å². The minimum Gasteiger partial charge on any atom is -0.493 e. The Bertz CT molecular complexity index is 929. The van der Waals surface area contributed by atoms with Crippen molar-refractivity contribution in [1.82, 2.24) is 4.90 Å². The van der Waals surface area contributed by atoms with Gasteiger partial charge in [-0.3, -0.25) is 4.79 Å². The molecular weight excluding hydrogens is 396 g/mol. The number of hydrogen-bond donors (Lipinski definition) is 1. The Morgan fingerprint density at radius 1 is 1.03 bits per heavy atom. The van der Waals surface area contributed by atoms with E-state index in [-0.39, 0.29) is 5.91 Å². The van der Waals surface area contributed by atoms with Gasteiger partial charge in [-0.2, -0.15) is 11.3 Å². The lowest BCUT2D eigenvalue weighted by Crippen LogP contribution is -3.08. The summed E-state index contributed by atoms with van der Waals surface area (Å²) in [6, 6.07) is 18.0. The molecule has 0 aliphatic carbocycles. The third-order valence-corrected chi connectivity index (χ3v) is 5.58. The molecule has 5 nitrogen and oxygen atoms in total. The van der Waals surface area contributed by atoms with E-state index in [1.165, 1.54) is 10.5 Å². The Balaban J connectivity index is 1.55. The number of nitrogens with zero attached hydrogens (tertiary/aromatic N) is 1. The predicted molar refractivity (Wildman–Crippen MR) is 120 cm³/mol. The summed E-state index contributed by atoms with van der Waals surface area (Å²) in [5.74, 6) is 1.48. The van der Waals surface area contributed by atoms with Crippen LogP contribution in [0, 0.1) is 0 Å². The quantitative estimate of drug-likeness (QED) is 0.543. The van der Waals surface area contributed by atoms with E-state index in [1.54, 1.807) is 23.3 Å². The van der Waals surface area contributed by atoms with Gasteiger partial charge in [-0.05, 0) is 40.1 Å². The van der Waals surface area contributed by atoms with Crippen LogP contribution in [0.15, 0.2) is 65.4 Å². The molecule has 6 heteroatoms. The van der Waals surface area contributed by atoms with E-state index in [2.05, 4.69) is 16.8 Å². The maximum absolute atomic E-state index is 12.6. The van der Waals surface area contributed by atoms with Crippen molar-refractivity contribution >= 4 is 17.2 Å². The van der Waals surface area contributed by atoms with E-state index < -0.39 is 0 Å². The predicted octanol–water partition coefficient (Wildman–Crippen LogP) is 3.01. The van der Waals surface area contributed by atoms with Crippen molar-refractivity contribution in [1.29, 1.82) is 0 Å². The zero-order chi connectivity index (χ0) is 21.3. The molecule has 1 atom stereocenters. The lowest BCUT2D eigenvalue weighted by atomic mass is 10.2. The standard InChI is InChI=1S/C24H28N2O3S/c1-25(14-21-11-12-30-18-21)16-24(27)26(2)15-20-9-10-22(23(13-20)28-3)29-17-19-7-5-4-6-8-19/h4-13,18H,14-17H2,1-3H3/p+1. The Kier molecular flexibility index (Phi) is 7.88. The molecule has 1 unspecified atom stereocenters. The van der Waals surface area contributed by atoms with Crippen LogP contribution in [0.25, 0.3) is 0 Å². The number of quaternary nitrogens is 1. The highest BCUT2D eigenvalue weighted by molar-refractivity contribution is 7.07. The van der Waals surface area contributed by atoms with Crippen molar-refractivity contribution in [2.75, 3.05) is 27.7 Å². The Labute approximate surface area is 182 Å². The SMILES string of the molecule is COc1cc(CN(C)C(=O)C[NH+](C)Cc2ccsc2)ccc1OCc1ccccc1. The summed E-state index contributed by atoms with van der Waals surface area (Å²) in [6.45, 7) is 2.32. The van der Waals surface area contributed by atoms with Crippen LogP contribution in [0.1, 0.15) is 16.7 Å². The molecule has 2 aromatic carbocycles. The highest BCUT2D eigenvalue weighted by Gasteiger charge is 2.16. The number of nitrogens with one attached hydrogen (secondary N) is 1. The Morgan fingerprint density at radius 3 is 2.53 bits per heavy atom. The van der Waals surface area contributed by atoms with E-state index in [1.807, 2.05) is 62.6 Å². The molecule has 0 saturated heterocycles. The van der Waals surface area contributed by atoms with E-state index in [0.717, 1.165) is 17.7 Å². The molecule has 30 heavy (non-hydrogen) atoms. The van der Waals surface area contributed by atoms with Gasteiger partial charge in [0.25, 0.3) is 5.91 Å². The topological polar surface area (TPSA) is 43.2 Å². The average Bonchev–Trinajstić information content (AvgIpc) is 3.26. The molecular formula is C24H29N2O3S+. The number of carbonyl (C=O) groups excluding carboxylic acids is 1. The van der Waals surface area contributed by atoms with Crippen molar-refractivity contribution in [2.45, 2.75) is 19.7 Å². The Hall–Kier alpha value is -2.83. The molecule has 0 bridgehead atoms. The van der Waals surface area contributed by atoms with Crippen molar-refractivity contribution < 1.29 is 19.2 Å². The van der Waals surface area contributed by atoms with Crippen molar-refractivity contribution in [2.24, 2.45) is 0 Å². The van der Waals surface area contributed by atoms with Crippen LogP contribution in [0.4, 0.5) is 0 Å². The van der Waals surface area contributed by atoms with Crippen LogP contribution in [-0.2, 0) is 24.5 Å². The second kappa shape index (κ2) is 10.8. The van der Waals surface area contributed by atoms with E-state index in [0.29, 0.717) is 31.2 Å². The fraction of sp³-hybridized carbons (Fsp3) is 0.292. The maximum atomic E-state index is 12.6. The summed E-state index contributed by atoms with van der Waals surface area (Å²) in [7, 11) is 5.52. The second-order valence-corrected chi connectivity index (χ2v) is 8.23. The number of amides is 1. The van der Waals surface area contributed by atoms with E-state index >= 15 is 0 Å². The van der Waals surface area contributed by atoms with Crippen LogP contribution in [-0.4, -0.2) is 38.6 Å². The number of rotatable bonds is 10. The van der Waals surface area contributed by atoms with Gasteiger partial charge >= 0.3 is 0 Å². The number of carbonyl (C=O) groups is 1. The lowest BCUT2D eigenvalue weighted by molar-refractivity contribution is -0.885. The molecule has 0 spiro atoms. The summed E-state index contributed by atoms with van der Waals surface area (Å²) < 4.78 is 11.4. The molecule has 0 saturated carbocycles. The molecule has 0 aliphatic heterocycles. The molecule has 1 aromatic heterocycles. The van der Waals surface area contributed by atoms with Crippen molar-refractivity contribution in [3.63, 3.8) is 0 Å². The fourth-order valence-corrected chi connectivity index (χ4v) is 3.89. The summed E-state index contributed by atoms with van der Waals surface area (Å²) in [4.78, 5) is 15.6. The number of benzene rings is 2. The number of thiophene rings is 1. The van der Waals surface area contributed by atoms with Gasteiger partial charge in [-0.1, -0.05) is 36.4 Å². The van der Waals surface area contributed by atoms with Gasteiger partial charge in [0.1, 0.15) is 13.2 Å². The molecule has 1 N–H and O–H groups in total. The first kappa shape index (κ1) is 21.9. The first-order chi connectivity index (χ1) is 14.5. The van der Waals surface area contributed by atoms with Crippen LogP contribution < -0.4 is 14.4 Å². The van der Waals surface area contributed by atoms with Crippen LogP contribution >= 0.6 is 11.3 Å². The highest BCUT2D eigenvalue weighted by Crippen LogP contribution is 2.29. The molecule has 0 fully saturated rings. The summed E-state index contributed by atoms with van der Waals surface area (Å²) in [6.07, 6.45) is 0. The maximum Gasteiger partial charge on any atom is 0.277 e. The Morgan fingerprint density at radius 2 is 1.83 bits per heavy atom. The molecule has 158 valence electrons. The van der Waals surface area contributed by atoms with Crippen molar-refractivity contribution in [3.05, 3.63) is 82.0 Å². The highest BCUT2D eigenvalue weighted by atomic mass is 32.1. The number of methoxy groups -OCH3 is 1. The first-order valence-corrected chi connectivity index (χ1v) is 10.9. The van der Waals surface area contributed by atoms with Crippen LogP contribution in [0.2, 0.25) is 0 Å². The summed E-state index contributed by atoms with van der Waals surface area (Å²) in [5.41, 5.74) is 3.37. The smallest absolute Gasteiger partial charge is 0.277 e. The van der Waals surface area contributed by atoms with Crippen LogP contribution in [0.5, 0.6) is 11.5 Å². The van der Waals surface area contributed by atoms with Crippen molar-refractivity contribution in [3.8, 4) is 11.5 Å². The number of likely N-dealkylation sites (N-methyl/N-ethyl adjacent to an activating group) is 2. The van der Waals surface area contributed by atoms with Gasteiger partial charge < -0.3 is 19.3 Å². The minimum absolute atomic E-state index is 0.117. The minimum atomic E-state index is 0.117. The third-order valence-electron chi connectivity index (χ3n) is 4.85. The van der Waals surface area contributed by atoms with E-state index in [4.69, 9.17) is 9.47 Å². The van der Waals surface area contributed by atoms with Gasteiger partial charge in [-0.15, -0.1) is 0 Å². The monoisotopic (exact) mass is 425 g/mol. The lowest BCUT2D eigenvalue weighted by Gasteiger charge is -2.20. The second-order valence-electron chi connectivity index (χ2n) is 7.45. The zero-order valence-corrected chi connectivity index (χ0v) is 18.6. The summed E-state index contributed by atoms with van der Waals surface area (Å²) >= 11 is 1.68. The van der Waals surface area contributed by atoms with Gasteiger partial charge in [-0.25, -0.2) is 0 Å². The fourth-order valence-electron chi connectivity index (χ4n) is 3.22. The third kappa shape index (κ3) is 6.34. The molecule has 0 aliphatic rings. The molecule has 1 heterocycles. The van der Waals surface area contributed by atoms with Gasteiger partial charge in [0.15, 0.2) is 18.0 Å². The van der Waals surface area contributed by atoms with Gasteiger partial charge in [0, 0.05) is 19.2 Å². The largest absolute Gasteiger partial charge is 0.493 e. The van der Waals surface area contributed by atoms with Gasteiger partial charge in [0.2, 0.25) is 0 Å². The molecule has 0 radical (unpaired) electrons. The first-order valence-electron chi connectivity index (χ1n) is 9.95. The normalized spacial score (nSPS) is 11.7. The molecule has 3 rings (SSSR count). The summed E-state index contributed by atoms with van der Waals surface area (Å²) in [5, 5.41) is 4.20. The average molecular weight is 426 g/mol. The van der Waals surface area contributed by atoms with Crippen LogP contribution in [0.3, 0.4) is 0 Å². The molecule has 1 amide bonds.